The summed E-state index contributed by atoms with van der Waals surface area (Å²) < 4.78 is 0. The third-order valence-electron chi connectivity index (χ3n) is 3.09. The molecule has 0 radical (unpaired) electrons. The number of amides is 2. The summed E-state index contributed by atoms with van der Waals surface area (Å²) in [6, 6.07) is 4.51. The van der Waals surface area contributed by atoms with Crippen LogP contribution < -0.4 is 16.8 Å². The molecule has 1 saturated heterocycles. The van der Waals surface area contributed by atoms with Gasteiger partial charge in [0.15, 0.2) is 0 Å². The Labute approximate surface area is 105 Å². The number of hydrogen-bond donors (Lipinski definition) is 3. The maximum atomic E-state index is 11.7. The number of primary amides is 1. The number of nitrogens with zero attached hydrogens (tertiary/aromatic N) is 1. The van der Waals surface area contributed by atoms with Gasteiger partial charge in [0.1, 0.15) is 6.04 Å². The lowest BCUT2D eigenvalue weighted by Crippen LogP contribution is -2.31. The Kier molecular flexibility index (Phi) is 3.10. The summed E-state index contributed by atoms with van der Waals surface area (Å²) in [4.78, 5) is 24.4. The maximum absolute atomic E-state index is 11.7. The molecular weight excluding hydrogens is 232 g/mol. The Morgan fingerprint density at radius 3 is 2.72 bits per heavy atom. The van der Waals surface area contributed by atoms with Crippen molar-refractivity contribution in [2.75, 3.05) is 24.6 Å². The lowest BCUT2D eigenvalue weighted by atomic mass is 10.1. The summed E-state index contributed by atoms with van der Waals surface area (Å²) in [5.74, 6) is -0.474. The van der Waals surface area contributed by atoms with Crippen molar-refractivity contribution < 1.29 is 9.59 Å². The van der Waals surface area contributed by atoms with Gasteiger partial charge in [0.2, 0.25) is 11.8 Å². The van der Waals surface area contributed by atoms with E-state index in [9.17, 15) is 9.59 Å². The summed E-state index contributed by atoms with van der Waals surface area (Å²) in [6.45, 7) is 0.732. The smallest absolute Gasteiger partial charge is 0.248 e. The van der Waals surface area contributed by atoms with Crippen LogP contribution in [0.15, 0.2) is 18.2 Å². The highest BCUT2D eigenvalue weighted by atomic mass is 16.2. The molecule has 5 N–H and O–H groups in total. The highest BCUT2D eigenvalue weighted by molar-refractivity contribution is 5.95. The highest BCUT2D eigenvalue weighted by Crippen LogP contribution is 2.23. The van der Waals surface area contributed by atoms with Gasteiger partial charge in [-0.2, -0.15) is 0 Å². The lowest BCUT2D eigenvalue weighted by molar-refractivity contribution is -0.127. The van der Waals surface area contributed by atoms with Gasteiger partial charge in [0.05, 0.1) is 11.4 Å². The number of hydrogen-bond acceptors (Lipinski definition) is 4. The molecule has 1 aliphatic rings. The van der Waals surface area contributed by atoms with E-state index in [0.29, 0.717) is 16.9 Å². The number of likely N-dealkylation sites (tertiary alicyclic amines) is 1. The van der Waals surface area contributed by atoms with E-state index in [4.69, 9.17) is 11.5 Å². The minimum Gasteiger partial charge on any atom is -0.397 e. The van der Waals surface area contributed by atoms with Crippen LogP contribution in [0, 0.1) is 0 Å². The number of nitrogen functional groups attached to an aromatic ring is 1. The molecule has 1 atom stereocenters. The van der Waals surface area contributed by atoms with Gasteiger partial charge in [-0.05, 0) is 24.6 Å². The fraction of sp³-hybridized carbons (Fsp3) is 0.333. The zero-order valence-electron chi connectivity index (χ0n) is 10.1. The van der Waals surface area contributed by atoms with Gasteiger partial charge in [-0.3, -0.25) is 9.59 Å². The average molecular weight is 248 g/mol. The largest absolute Gasteiger partial charge is 0.397 e. The molecule has 6 heteroatoms. The van der Waals surface area contributed by atoms with Gasteiger partial charge in [0, 0.05) is 19.2 Å². The molecule has 1 unspecified atom stereocenters. The van der Waals surface area contributed by atoms with Crippen molar-refractivity contribution >= 4 is 23.2 Å². The fourth-order valence-corrected chi connectivity index (χ4v) is 1.99. The predicted molar refractivity (Wildman–Crippen MR) is 69.0 cm³/mol. The zero-order valence-corrected chi connectivity index (χ0v) is 10.1. The first kappa shape index (κ1) is 12.2. The van der Waals surface area contributed by atoms with Crippen molar-refractivity contribution in [3.8, 4) is 0 Å². The summed E-state index contributed by atoms with van der Waals surface area (Å²) in [6.07, 6.45) is 0.742. The number of benzene rings is 1. The third-order valence-corrected chi connectivity index (χ3v) is 3.09. The normalized spacial score (nSPS) is 19.1. The van der Waals surface area contributed by atoms with Gasteiger partial charge in [-0.15, -0.1) is 0 Å². The Balaban J connectivity index is 2.15. The minimum absolute atomic E-state index is 0.0494. The first-order chi connectivity index (χ1) is 8.49. The van der Waals surface area contributed by atoms with Gasteiger partial charge in [-0.1, -0.05) is 0 Å². The zero-order chi connectivity index (χ0) is 13.3. The molecule has 2 rings (SSSR count). The molecule has 1 fully saturated rings. The fourth-order valence-electron chi connectivity index (χ4n) is 1.99. The van der Waals surface area contributed by atoms with Crippen molar-refractivity contribution in [1.82, 2.24) is 4.90 Å². The van der Waals surface area contributed by atoms with E-state index in [0.717, 1.165) is 13.0 Å². The topological polar surface area (TPSA) is 101 Å². The average Bonchev–Trinajstić information content (AvgIpc) is 2.63. The van der Waals surface area contributed by atoms with Crippen LogP contribution in [-0.4, -0.2) is 36.3 Å². The van der Waals surface area contributed by atoms with E-state index in [2.05, 4.69) is 5.32 Å². The molecule has 2 amide bonds. The molecule has 0 spiro atoms. The summed E-state index contributed by atoms with van der Waals surface area (Å²) in [5, 5.41) is 3.09. The first-order valence-electron chi connectivity index (χ1n) is 5.70. The van der Waals surface area contributed by atoms with Gasteiger partial charge in [0.25, 0.3) is 0 Å². The molecule has 0 bridgehead atoms. The van der Waals surface area contributed by atoms with Crippen LogP contribution in [0.5, 0.6) is 0 Å². The van der Waals surface area contributed by atoms with Crippen LogP contribution in [0.3, 0.4) is 0 Å². The second-order valence-corrected chi connectivity index (χ2v) is 4.41. The quantitative estimate of drug-likeness (QED) is 0.656. The molecule has 0 aliphatic carbocycles. The molecule has 1 aromatic rings. The molecular formula is C12H16N4O2. The minimum atomic E-state index is -0.523. The standard InChI is InChI=1S/C12H16N4O2/c1-16-5-4-10(12(16)18)15-9-3-2-7(11(14)17)6-8(9)13/h2-3,6,10,15H,4-5,13H2,1H3,(H2,14,17). The summed E-state index contributed by atoms with van der Waals surface area (Å²) in [7, 11) is 1.77. The van der Waals surface area contributed by atoms with Crippen LogP contribution in [0.1, 0.15) is 16.8 Å². The number of carbonyl (C=O) groups is 2. The Bertz CT molecular complexity index is 501. The second kappa shape index (κ2) is 4.56. The highest BCUT2D eigenvalue weighted by Gasteiger charge is 2.29. The third kappa shape index (κ3) is 2.22. The first-order valence-corrected chi connectivity index (χ1v) is 5.70. The van der Waals surface area contributed by atoms with Crippen LogP contribution in [-0.2, 0) is 4.79 Å². The number of carbonyl (C=O) groups excluding carboxylic acids is 2. The molecule has 1 aromatic carbocycles. The van der Waals surface area contributed by atoms with Crippen molar-refractivity contribution in [3.05, 3.63) is 23.8 Å². The Morgan fingerprint density at radius 1 is 1.50 bits per heavy atom. The Morgan fingerprint density at radius 2 is 2.22 bits per heavy atom. The molecule has 0 saturated carbocycles. The van der Waals surface area contributed by atoms with Crippen LogP contribution in [0.2, 0.25) is 0 Å². The van der Waals surface area contributed by atoms with E-state index >= 15 is 0 Å². The van der Waals surface area contributed by atoms with Crippen molar-refractivity contribution in [1.29, 1.82) is 0 Å². The van der Waals surface area contributed by atoms with Crippen molar-refractivity contribution in [2.45, 2.75) is 12.5 Å². The van der Waals surface area contributed by atoms with Crippen molar-refractivity contribution in [3.63, 3.8) is 0 Å². The lowest BCUT2D eigenvalue weighted by Gasteiger charge is -2.15. The summed E-state index contributed by atoms with van der Waals surface area (Å²) in [5.41, 5.74) is 12.4. The monoisotopic (exact) mass is 248 g/mol. The predicted octanol–water partition coefficient (Wildman–Crippen LogP) is 0.0103. The summed E-state index contributed by atoms with van der Waals surface area (Å²) >= 11 is 0. The van der Waals surface area contributed by atoms with E-state index in [1.54, 1.807) is 24.1 Å². The number of nitrogens with two attached hydrogens (primary N) is 2. The molecule has 96 valence electrons. The second-order valence-electron chi connectivity index (χ2n) is 4.41. The van der Waals surface area contributed by atoms with Gasteiger partial charge in [-0.25, -0.2) is 0 Å². The molecule has 1 heterocycles. The number of nitrogens with one attached hydrogen (secondary N) is 1. The van der Waals surface area contributed by atoms with E-state index in [1.165, 1.54) is 6.07 Å². The molecule has 1 aliphatic heterocycles. The van der Waals surface area contributed by atoms with E-state index in [1.807, 2.05) is 0 Å². The van der Waals surface area contributed by atoms with Gasteiger partial charge >= 0.3 is 0 Å². The SMILES string of the molecule is CN1CCC(Nc2ccc(C(N)=O)cc2N)C1=O. The molecule has 18 heavy (non-hydrogen) atoms. The van der Waals surface area contributed by atoms with Crippen LogP contribution in [0.4, 0.5) is 11.4 Å². The molecule has 0 aromatic heterocycles. The van der Waals surface area contributed by atoms with E-state index in [-0.39, 0.29) is 11.9 Å². The Hall–Kier alpha value is -2.24. The number of anilines is 2. The van der Waals surface area contributed by atoms with Crippen LogP contribution in [0.25, 0.3) is 0 Å². The maximum Gasteiger partial charge on any atom is 0.248 e. The van der Waals surface area contributed by atoms with Crippen molar-refractivity contribution in [2.24, 2.45) is 5.73 Å². The van der Waals surface area contributed by atoms with E-state index < -0.39 is 5.91 Å². The van der Waals surface area contributed by atoms with Crippen LogP contribution >= 0.6 is 0 Å². The number of likely N-dealkylation sites (N-methyl/N-ethyl adjacent to an activating group) is 1. The van der Waals surface area contributed by atoms with Gasteiger partial charge < -0.3 is 21.7 Å². The number of rotatable bonds is 3. The molecule has 6 nitrogen and oxygen atoms in total.